The number of H-pyrrole nitrogens is 1. The summed E-state index contributed by atoms with van der Waals surface area (Å²) in [6, 6.07) is 14.5. The Morgan fingerprint density at radius 3 is 2.67 bits per heavy atom. The Labute approximate surface area is 188 Å². The number of carbonyl (C=O) groups excluding carboxylic acids is 1. The number of fused-ring (bicyclic) bond motifs is 2. The Bertz CT molecular complexity index is 1450. The van der Waals surface area contributed by atoms with Gasteiger partial charge in [0.1, 0.15) is 11.8 Å². The second kappa shape index (κ2) is 8.60. The average molecular weight is 440 g/mol. The maximum absolute atomic E-state index is 11.7. The summed E-state index contributed by atoms with van der Waals surface area (Å²) in [5.74, 6) is 0.677. The van der Waals surface area contributed by atoms with Crippen molar-refractivity contribution in [2.45, 2.75) is 19.4 Å². The maximum atomic E-state index is 11.7. The minimum absolute atomic E-state index is 0.214. The lowest BCUT2D eigenvalue weighted by atomic mass is 10.0. The van der Waals surface area contributed by atoms with Gasteiger partial charge in [-0.05, 0) is 24.6 Å². The largest absolute Gasteiger partial charge is 0.358 e. The van der Waals surface area contributed by atoms with Crippen LogP contribution in [0.1, 0.15) is 35.6 Å². The molecule has 10 heteroatoms. The molecule has 0 saturated carbocycles. The van der Waals surface area contributed by atoms with Gasteiger partial charge in [-0.2, -0.15) is 0 Å². The van der Waals surface area contributed by atoms with E-state index >= 15 is 0 Å². The van der Waals surface area contributed by atoms with Crippen LogP contribution in [0.4, 0.5) is 5.82 Å². The van der Waals surface area contributed by atoms with Crippen LogP contribution >= 0.6 is 0 Å². The number of rotatable bonds is 6. The molecule has 0 bridgehead atoms. The molecular formula is C23H20N8O2. The third-order valence-corrected chi connectivity index (χ3v) is 5.40. The van der Waals surface area contributed by atoms with Crippen LogP contribution in [0.5, 0.6) is 0 Å². The van der Waals surface area contributed by atoms with Gasteiger partial charge in [-0.3, -0.25) is 10.0 Å². The van der Waals surface area contributed by atoms with Crippen molar-refractivity contribution in [3.8, 4) is 11.3 Å². The number of hydrogen-bond donors (Lipinski definition) is 4. The van der Waals surface area contributed by atoms with Gasteiger partial charge in [0.05, 0.1) is 23.6 Å². The summed E-state index contributed by atoms with van der Waals surface area (Å²) in [6.07, 6.45) is 3.76. The second-order valence-electron chi connectivity index (χ2n) is 7.39. The molecule has 0 fully saturated rings. The average Bonchev–Trinajstić information content (AvgIpc) is 3.36. The van der Waals surface area contributed by atoms with E-state index in [-0.39, 0.29) is 6.04 Å². The molecule has 1 unspecified atom stereocenters. The van der Waals surface area contributed by atoms with Crippen LogP contribution in [0, 0.1) is 0 Å². The maximum Gasteiger partial charge on any atom is 0.274 e. The number of imidazole rings is 1. The number of aromatic amines is 1. The Morgan fingerprint density at radius 2 is 1.88 bits per heavy atom. The fourth-order valence-electron chi connectivity index (χ4n) is 3.70. The van der Waals surface area contributed by atoms with Gasteiger partial charge >= 0.3 is 0 Å². The summed E-state index contributed by atoms with van der Waals surface area (Å²) in [7, 11) is 0. The van der Waals surface area contributed by atoms with Crippen LogP contribution < -0.4 is 10.8 Å². The van der Waals surface area contributed by atoms with Crippen LogP contribution in [0.2, 0.25) is 0 Å². The van der Waals surface area contributed by atoms with Crippen LogP contribution in [-0.2, 0) is 0 Å². The minimum Gasteiger partial charge on any atom is -0.358 e. The first-order valence-corrected chi connectivity index (χ1v) is 10.4. The van der Waals surface area contributed by atoms with E-state index in [1.54, 1.807) is 36.1 Å². The van der Waals surface area contributed by atoms with E-state index in [1.165, 1.54) is 6.33 Å². The van der Waals surface area contributed by atoms with Crippen LogP contribution in [-0.4, -0.2) is 41.0 Å². The highest BCUT2D eigenvalue weighted by Crippen LogP contribution is 2.30. The standard InChI is InChI=1S/C23H20N8O2/c1-2-16(28-22-19-21(25-11-24-19)26-12-27-22)20-29-17-6-4-3-5-15(17)18(30-20)13-7-9-14(10-8-13)23(32)31-33/h3-12,16,33H,2H2,1H3,(H,31,32)(H2,24,25,26,27,28). The molecule has 1 atom stereocenters. The highest BCUT2D eigenvalue weighted by molar-refractivity contribution is 5.95. The van der Waals surface area contributed by atoms with Gasteiger partial charge in [0.2, 0.25) is 0 Å². The van der Waals surface area contributed by atoms with E-state index in [9.17, 15) is 4.79 Å². The predicted molar refractivity (Wildman–Crippen MR) is 123 cm³/mol. The molecule has 10 nitrogen and oxygen atoms in total. The van der Waals surface area contributed by atoms with Crippen molar-refractivity contribution in [2.24, 2.45) is 0 Å². The molecule has 4 N–H and O–H groups in total. The van der Waals surface area contributed by atoms with Crippen LogP contribution in [0.15, 0.2) is 61.2 Å². The van der Waals surface area contributed by atoms with Gasteiger partial charge in [-0.25, -0.2) is 30.4 Å². The molecule has 1 amide bonds. The molecule has 0 aliphatic carbocycles. The first kappa shape index (κ1) is 20.5. The molecule has 0 spiro atoms. The third-order valence-electron chi connectivity index (χ3n) is 5.40. The summed E-state index contributed by atoms with van der Waals surface area (Å²) in [5.41, 5.74) is 5.68. The topological polar surface area (TPSA) is 142 Å². The lowest BCUT2D eigenvalue weighted by molar-refractivity contribution is 0.0706. The molecule has 33 heavy (non-hydrogen) atoms. The number of hydroxylamine groups is 1. The molecule has 3 aromatic heterocycles. The van der Waals surface area contributed by atoms with E-state index < -0.39 is 5.91 Å². The summed E-state index contributed by atoms with van der Waals surface area (Å²) < 4.78 is 0. The first-order chi connectivity index (χ1) is 16.2. The molecule has 2 aromatic carbocycles. The number of amides is 1. The van der Waals surface area contributed by atoms with Gasteiger partial charge < -0.3 is 10.3 Å². The van der Waals surface area contributed by atoms with E-state index in [4.69, 9.17) is 15.2 Å². The summed E-state index contributed by atoms with van der Waals surface area (Å²) in [6.45, 7) is 2.05. The number of hydrogen-bond acceptors (Lipinski definition) is 8. The molecule has 0 aliphatic rings. The lowest BCUT2D eigenvalue weighted by Crippen LogP contribution is -2.18. The number of nitrogens with one attached hydrogen (secondary N) is 3. The summed E-state index contributed by atoms with van der Waals surface area (Å²) in [5, 5.41) is 13.2. The number of carbonyl (C=O) groups is 1. The van der Waals surface area contributed by atoms with Crippen molar-refractivity contribution < 1.29 is 10.0 Å². The monoisotopic (exact) mass is 440 g/mol. The normalized spacial score (nSPS) is 12.1. The van der Waals surface area contributed by atoms with E-state index in [0.717, 1.165) is 27.7 Å². The second-order valence-corrected chi connectivity index (χ2v) is 7.39. The van der Waals surface area contributed by atoms with Crippen molar-refractivity contribution in [3.05, 3.63) is 72.6 Å². The van der Waals surface area contributed by atoms with Crippen molar-refractivity contribution in [3.63, 3.8) is 0 Å². The molecule has 0 aliphatic heterocycles. The van der Waals surface area contributed by atoms with Crippen molar-refractivity contribution in [1.29, 1.82) is 0 Å². The number of nitrogens with zero attached hydrogens (tertiary/aromatic N) is 5. The zero-order valence-corrected chi connectivity index (χ0v) is 17.6. The molecule has 0 saturated heterocycles. The quantitative estimate of drug-likeness (QED) is 0.232. The Morgan fingerprint density at radius 1 is 1.06 bits per heavy atom. The Hall–Kier alpha value is -4.44. The minimum atomic E-state index is -0.569. The van der Waals surface area contributed by atoms with E-state index in [0.29, 0.717) is 29.3 Å². The summed E-state index contributed by atoms with van der Waals surface area (Å²) >= 11 is 0. The molecule has 5 aromatic rings. The van der Waals surface area contributed by atoms with E-state index in [1.807, 2.05) is 31.2 Å². The fraction of sp³-hybridized carbons (Fsp3) is 0.130. The Kier molecular flexibility index (Phi) is 5.33. The third kappa shape index (κ3) is 3.83. The molecular weight excluding hydrogens is 420 g/mol. The van der Waals surface area contributed by atoms with Gasteiger partial charge in [0, 0.05) is 16.5 Å². The van der Waals surface area contributed by atoms with E-state index in [2.05, 4.69) is 25.3 Å². The lowest BCUT2D eigenvalue weighted by Gasteiger charge is -2.18. The van der Waals surface area contributed by atoms with Crippen LogP contribution in [0.3, 0.4) is 0 Å². The smallest absolute Gasteiger partial charge is 0.274 e. The van der Waals surface area contributed by atoms with Gasteiger partial charge in [-0.15, -0.1) is 0 Å². The molecule has 3 heterocycles. The summed E-state index contributed by atoms with van der Waals surface area (Å²) in [4.78, 5) is 37.2. The zero-order chi connectivity index (χ0) is 22.8. The first-order valence-electron chi connectivity index (χ1n) is 10.4. The number of anilines is 1. The highest BCUT2D eigenvalue weighted by atomic mass is 16.5. The van der Waals surface area contributed by atoms with Crippen molar-refractivity contribution in [1.82, 2.24) is 35.4 Å². The predicted octanol–water partition coefficient (Wildman–Crippen LogP) is 3.65. The molecule has 164 valence electrons. The fourth-order valence-corrected chi connectivity index (χ4v) is 3.70. The molecule has 0 radical (unpaired) electrons. The van der Waals surface area contributed by atoms with Gasteiger partial charge in [0.15, 0.2) is 17.3 Å². The number of benzene rings is 2. The van der Waals surface area contributed by atoms with Crippen molar-refractivity contribution in [2.75, 3.05) is 5.32 Å². The Balaban J connectivity index is 1.58. The SMILES string of the molecule is CCC(Nc1ncnc2nc[nH]c12)c1nc(-c2ccc(C(=O)NO)cc2)c2ccccc2n1. The van der Waals surface area contributed by atoms with Crippen molar-refractivity contribution >= 4 is 33.8 Å². The highest BCUT2D eigenvalue weighted by Gasteiger charge is 2.19. The molecule has 5 rings (SSSR count). The number of para-hydroxylation sites is 1. The zero-order valence-electron chi connectivity index (χ0n) is 17.6. The van der Waals surface area contributed by atoms with Crippen LogP contribution in [0.25, 0.3) is 33.3 Å². The number of aromatic nitrogens is 6. The van der Waals surface area contributed by atoms with Gasteiger partial charge in [-0.1, -0.05) is 37.3 Å². The van der Waals surface area contributed by atoms with Gasteiger partial charge in [0.25, 0.3) is 5.91 Å².